The summed E-state index contributed by atoms with van der Waals surface area (Å²) >= 11 is 0. The van der Waals surface area contributed by atoms with E-state index in [1.807, 2.05) is 42.3 Å². The second-order valence-electron chi connectivity index (χ2n) is 7.84. The molecule has 0 saturated carbocycles. The highest BCUT2D eigenvalue weighted by molar-refractivity contribution is 5.97. The number of rotatable bonds is 3. The van der Waals surface area contributed by atoms with E-state index in [0.29, 0.717) is 25.2 Å². The lowest BCUT2D eigenvalue weighted by Crippen LogP contribution is -2.49. The number of nitrogens with zero attached hydrogens (tertiary/aromatic N) is 5. The fourth-order valence-electron chi connectivity index (χ4n) is 4.01. The second kappa shape index (κ2) is 7.73. The van der Waals surface area contributed by atoms with Crippen LogP contribution in [0.25, 0.3) is 0 Å². The van der Waals surface area contributed by atoms with E-state index in [4.69, 9.17) is 0 Å². The molecule has 0 N–H and O–H groups in total. The standard InChI is InChI=1S/C22H27N5O2/c1-16-14-17(2)20(23-15-16)25-9-11-26(12-10-25)21(28)18-4-6-19(7-5-18)27-13-8-24(3)22(27)29/h4-7,14-15H,8-13H2,1-3H3. The summed E-state index contributed by atoms with van der Waals surface area (Å²) in [5.74, 6) is 1.04. The summed E-state index contributed by atoms with van der Waals surface area (Å²) in [5, 5.41) is 0. The number of anilines is 2. The fraction of sp³-hybridized carbons (Fsp3) is 0.409. The lowest BCUT2D eigenvalue weighted by molar-refractivity contribution is 0.0746. The molecule has 7 heteroatoms. The van der Waals surface area contributed by atoms with Crippen molar-refractivity contribution in [2.24, 2.45) is 0 Å². The van der Waals surface area contributed by atoms with Gasteiger partial charge >= 0.3 is 6.03 Å². The molecule has 0 bridgehead atoms. The van der Waals surface area contributed by atoms with Gasteiger partial charge in [-0.25, -0.2) is 9.78 Å². The number of urea groups is 1. The number of aromatic nitrogens is 1. The minimum absolute atomic E-state index is 0.000192. The zero-order valence-electron chi connectivity index (χ0n) is 17.3. The first-order chi connectivity index (χ1) is 13.9. The van der Waals surface area contributed by atoms with Crippen molar-refractivity contribution in [1.29, 1.82) is 0 Å². The zero-order valence-corrected chi connectivity index (χ0v) is 17.3. The van der Waals surface area contributed by atoms with E-state index >= 15 is 0 Å². The maximum absolute atomic E-state index is 12.9. The Kier molecular flexibility index (Phi) is 5.13. The molecule has 2 aliphatic heterocycles. The Morgan fingerprint density at radius 3 is 2.24 bits per heavy atom. The molecule has 0 radical (unpaired) electrons. The van der Waals surface area contributed by atoms with Gasteiger partial charge in [0.1, 0.15) is 5.82 Å². The lowest BCUT2D eigenvalue weighted by atomic mass is 10.1. The van der Waals surface area contributed by atoms with Crippen LogP contribution >= 0.6 is 0 Å². The third-order valence-corrected chi connectivity index (χ3v) is 5.70. The molecule has 3 amide bonds. The van der Waals surface area contributed by atoms with Gasteiger partial charge < -0.3 is 14.7 Å². The monoisotopic (exact) mass is 393 g/mol. The van der Waals surface area contributed by atoms with E-state index in [2.05, 4.69) is 22.9 Å². The first-order valence-electron chi connectivity index (χ1n) is 10.0. The van der Waals surface area contributed by atoms with E-state index in [0.717, 1.165) is 36.7 Å². The topological polar surface area (TPSA) is 60.0 Å². The maximum atomic E-state index is 12.9. The summed E-state index contributed by atoms with van der Waals surface area (Å²) < 4.78 is 0. The molecule has 0 aliphatic carbocycles. The van der Waals surface area contributed by atoms with Crippen molar-refractivity contribution in [3.8, 4) is 0 Å². The number of likely N-dealkylation sites (N-methyl/N-ethyl adjacent to an activating group) is 1. The van der Waals surface area contributed by atoms with E-state index in [1.165, 1.54) is 5.56 Å². The Morgan fingerprint density at radius 2 is 1.66 bits per heavy atom. The Morgan fingerprint density at radius 1 is 0.966 bits per heavy atom. The van der Waals surface area contributed by atoms with Crippen molar-refractivity contribution >= 4 is 23.4 Å². The third-order valence-electron chi connectivity index (χ3n) is 5.70. The number of benzene rings is 1. The van der Waals surface area contributed by atoms with Crippen LogP contribution in [-0.2, 0) is 0 Å². The van der Waals surface area contributed by atoms with Crippen LogP contribution < -0.4 is 9.80 Å². The number of amides is 3. The van der Waals surface area contributed by atoms with E-state index in [-0.39, 0.29) is 11.9 Å². The van der Waals surface area contributed by atoms with Gasteiger partial charge in [0.15, 0.2) is 0 Å². The summed E-state index contributed by atoms with van der Waals surface area (Å²) in [4.78, 5) is 37.2. The summed E-state index contributed by atoms with van der Waals surface area (Å²) in [6.45, 7) is 8.41. The highest BCUT2D eigenvalue weighted by atomic mass is 16.2. The smallest absolute Gasteiger partial charge is 0.324 e. The Labute approximate surface area is 171 Å². The molecule has 3 heterocycles. The van der Waals surface area contributed by atoms with E-state index in [9.17, 15) is 9.59 Å². The number of aryl methyl sites for hydroxylation is 2. The Balaban J connectivity index is 1.39. The molecular formula is C22H27N5O2. The van der Waals surface area contributed by atoms with Gasteiger partial charge in [-0.2, -0.15) is 0 Å². The Hall–Kier alpha value is -3.09. The van der Waals surface area contributed by atoms with Gasteiger partial charge in [-0.1, -0.05) is 6.07 Å². The minimum Gasteiger partial charge on any atom is -0.353 e. The van der Waals surface area contributed by atoms with Crippen molar-refractivity contribution in [3.05, 3.63) is 53.2 Å². The molecule has 29 heavy (non-hydrogen) atoms. The predicted octanol–water partition coefficient (Wildman–Crippen LogP) is 2.53. The van der Waals surface area contributed by atoms with Gasteiger partial charge in [0.05, 0.1) is 0 Å². The molecular weight excluding hydrogens is 366 g/mol. The van der Waals surface area contributed by atoms with E-state index in [1.54, 1.807) is 16.8 Å². The van der Waals surface area contributed by atoms with Crippen LogP contribution in [0.5, 0.6) is 0 Å². The first-order valence-corrected chi connectivity index (χ1v) is 10.0. The average molecular weight is 393 g/mol. The second-order valence-corrected chi connectivity index (χ2v) is 7.84. The highest BCUT2D eigenvalue weighted by Crippen LogP contribution is 2.22. The highest BCUT2D eigenvalue weighted by Gasteiger charge is 2.27. The van der Waals surface area contributed by atoms with Crippen LogP contribution in [0.1, 0.15) is 21.5 Å². The lowest BCUT2D eigenvalue weighted by Gasteiger charge is -2.36. The summed E-state index contributed by atoms with van der Waals surface area (Å²) in [5.41, 5.74) is 3.82. The van der Waals surface area contributed by atoms with Gasteiger partial charge in [0.2, 0.25) is 0 Å². The summed E-state index contributed by atoms with van der Waals surface area (Å²) in [6.07, 6.45) is 1.89. The largest absolute Gasteiger partial charge is 0.353 e. The SMILES string of the molecule is Cc1cnc(N2CCN(C(=O)c3ccc(N4CCN(C)C4=O)cc3)CC2)c(C)c1. The van der Waals surface area contributed by atoms with Crippen LogP contribution in [0.2, 0.25) is 0 Å². The molecule has 2 aromatic rings. The number of hydrogen-bond acceptors (Lipinski definition) is 4. The van der Waals surface area contributed by atoms with Crippen molar-refractivity contribution < 1.29 is 9.59 Å². The number of piperazine rings is 1. The van der Waals surface area contributed by atoms with Gasteiger partial charge in [0.25, 0.3) is 5.91 Å². The molecule has 152 valence electrons. The minimum atomic E-state index is 0.000192. The molecule has 4 rings (SSSR count). The van der Waals surface area contributed by atoms with Gasteiger partial charge in [-0.05, 0) is 49.2 Å². The molecule has 2 aliphatic rings. The molecule has 0 spiro atoms. The van der Waals surface area contributed by atoms with Gasteiger partial charge in [0, 0.05) is 63.8 Å². The average Bonchev–Trinajstić information content (AvgIpc) is 3.06. The van der Waals surface area contributed by atoms with Crippen LogP contribution in [0.4, 0.5) is 16.3 Å². The van der Waals surface area contributed by atoms with Crippen LogP contribution in [0.3, 0.4) is 0 Å². The first kappa shape index (κ1) is 19.2. The summed E-state index contributed by atoms with van der Waals surface area (Å²) in [7, 11) is 1.80. The van der Waals surface area contributed by atoms with Gasteiger partial charge in [-0.3, -0.25) is 9.69 Å². The Bertz CT molecular complexity index is 919. The molecule has 1 aromatic carbocycles. The molecule has 2 saturated heterocycles. The van der Waals surface area contributed by atoms with Crippen molar-refractivity contribution in [2.75, 3.05) is 56.1 Å². The van der Waals surface area contributed by atoms with Crippen molar-refractivity contribution in [1.82, 2.24) is 14.8 Å². The van der Waals surface area contributed by atoms with Crippen molar-refractivity contribution in [3.63, 3.8) is 0 Å². The molecule has 0 atom stereocenters. The number of hydrogen-bond donors (Lipinski definition) is 0. The molecule has 2 fully saturated rings. The molecule has 0 unspecified atom stereocenters. The zero-order chi connectivity index (χ0) is 20.5. The van der Waals surface area contributed by atoms with Gasteiger partial charge in [-0.15, -0.1) is 0 Å². The normalized spacial score (nSPS) is 17.3. The predicted molar refractivity (Wildman–Crippen MR) is 114 cm³/mol. The van der Waals surface area contributed by atoms with Crippen LogP contribution in [-0.4, -0.2) is 73.0 Å². The summed E-state index contributed by atoms with van der Waals surface area (Å²) in [6, 6.07) is 9.51. The van der Waals surface area contributed by atoms with Crippen molar-refractivity contribution in [2.45, 2.75) is 13.8 Å². The third kappa shape index (κ3) is 3.77. The maximum Gasteiger partial charge on any atom is 0.324 e. The fourth-order valence-corrected chi connectivity index (χ4v) is 4.01. The van der Waals surface area contributed by atoms with Crippen LogP contribution in [0, 0.1) is 13.8 Å². The number of carbonyl (C=O) groups excluding carboxylic acids is 2. The molecule has 1 aromatic heterocycles. The van der Waals surface area contributed by atoms with Crippen LogP contribution in [0.15, 0.2) is 36.5 Å². The number of carbonyl (C=O) groups is 2. The quantitative estimate of drug-likeness (QED) is 0.804. The number of pyridine rings is 1. The van der Waals surface area contributed by atoms with E-state index < -0.39 is 0 Å². The molecule has 7 nitrogen and oxygen atoms in total.